The van der Waals surface area contributed by atoms with Gasteiger partial charge in [0.05, 0.1) is 0 Å². The molecule has 0 unspecified atom stereocenters. The third kappa shape index (κ3) is 2.79. The van der Waals surface area contributed by atoms with Crippen LogP contribution in [0.4, 0.5) is 0 Å². The molecule has 1 rings (SSSR count). The predicted molar refractivity (Wildman–Crippen MR) is 51.8 cm³/mol. The fraction of sp³-hybridized carbons (Fsp3) is 0.571. The van der Waals surface area contributed by atoms with Gasteiger partial charge < -0.3 is 4.57 Å². The van der Waals surface area contributed by atoms with Crippen LogP contribution in [0.1, 0.15) is 13.3 Å². The molecule has 0 N–H and O–H groups in total. The van der Waals surface area contributed by atoms with Crippen molar-refractivity contribution in [3.8, 4) is 0 Å². The van der Waals surface area contributed by atoms with Gasteiger partial charge in [0.2, 0.25) is 0 Å². The highest BCUT2D eigenvalue weighted by Gasteiger charge is 1.98. The molecule has 0 fully saturated rings. The third-order valence-corrected chi connectivity index (χ3v) is 3.73. The van der Waals surface area contributed by atoms with Crippen LogP contribution in [-0.2, 0) is 7.05 Å². The van der Waals surface area contributed by atoms with Gasteiger partial charge in [-0.25, -0.2) is 4.98 Å². The lowest BCUT2D eigenvalue weighted by Crippen LogP contribution is -1.86. The molecule has 0 amide bonds. The van der Waals surface area contributed by atoms with Crippen LogP contribution in [0.25, 0.3) is 0 Å². The van der Waals surface area contributed by atoms with Gasteiger partial charge >= 0.3 is 0 Å². The molecule has 0 radical (unpaired) electrons. The first-order valence-corrected chi connectivity index (χ1v) is 5.93. The first-order chi connectivity index (χ1) is 5.34. The maximum atomic E-state index is 4.19. The van der Waals surface area contributed by atoms with Crippen LogP contribution < -0.4 is 0 Å². The molecule has 1 heterocycles. The van der Waals surface area contributed by atoms with E-state index < -0.39 is 0 Å². The van der Waals surface area contributed by atoms with E-state index in [-0.39, 0.29) is 0 Å². The zero-order valence-electron chi connectivity index (χ0n) is 6.78. The lowest BCUT2D eigenvalue weighted by Gasteiger charge is -1.98. The van der Waals surface area contributed by atoms with Crippen LogP contribution in [0.3, 0.4) is 0 Å². The molecule has 11 heavy (non-hydrogen) atoms. The molecule has 0 saturated heterocycles. The second kappa shape index (κ2) is 4.72. The van der Waals surface area contributed by atoms with E-state index in [0.717, 1.165) is 5.16 Å². The zero-order valence-corrected chi connectivity index (χ0v) is 8.41. The largest absolute Gasteiger partial charge is 0.328 e. The summed E-state index contributed by atoms with van der Waals surface area (Å²) in [5.74, 6) is 1.19. The predicted octanol–water partition coefficient (Wildman–Crippen LogP) is 2.57. The van der Waals surface area contributed by atoms with E-state index in [9.17, 15) is 0 Å². The maximum Gasteiger partial charge on any atom is 0.178 e. The summed E-state index contributed by atoms with van der Waals surface area (Å²) in [6.07, 6.45) is 5.02. The van der Waals surface area contributed by atoms with Crippen LogP contribution in [0.5, 0.6) is 0 Å². The Hall–Kier alpha value is -0.0900. The molecule has 0 aliphatic heterocycles. The van der Waals surface area contributed by atoms with Gasteiger partial charge in [0, 0.05) is 25.2 Å². The van der Waals surface area contributed by atoms with E-state index in [2.05, 4.69) is 11.9 Å². The maximum absolute atomic E-state index is 4.19. The highest BCUT2D eigenvalue weighted by molar-refractivity contribution is 8.76. The lowest BCUT2D eigenvalue weighted by atomic mass is 10.6. The SMILES string of the molecule is CCCSSc1nccn1C. The molecule has 0 saturated carbocycles. The van der Waals surface area contributed by atoms with Crippen molar-refractivity contribution in [2.75, 3.05) is 5.75 Å². The summed E-state index contributed by atoms with van der Waals surface area (Å²) in [6.45, 7) is 2.19. The van der Waals surface area contributed by atoms with Crippen LogP contribution in [0.15, 0.2) is 17.6 Å². The number of imidazole rings is 1. The topological polar surface area (TPSA) is 17.8 Å². The highest BCUT2D eigenvalue weighted by atomic mass is 33.1. The second-order valence-electron chi connectivity index (χ2n) is 2.23. The van der Waals surface area contributed by atoms with Crippen LogP contribution >= 0.6 is 21.6 Å². The number of rotatable bonds is 4. The van der Waals surface area contributed by atoms with Crippen LogP contribution in [0, 0.1) is 0 Å². The highest BCUT2D eigenvalue weighted by Crippen LogP contribution is 2.29. The van der Waals surface area contributed by atoms with Crippen molar-refractivity contribution in [3.63, 3.8) is 0 Å². The molecule has 62 valence electrons. The molecular formula is C7H12N2S2. The normalized spacial score (nSPS) is 10.4. The Kier molecular flexibility index (Phi) is 3.86. The van der Waals surface area contributed by atoms with Gasteiger partial charge in [-0.15, -0.1) is 0 Å². The van der Waals surface area contributed by atoms with Crippen molar-refractivity contribution in [2.24, 2.45) is 7.05 Å². The molecule has 0 aliphatic rings. The molecule has 0 atom stereocenters. The molecule has 0 spiro atoms. The average molecular weight is 188 g/mol. The Morgan fingerprint density at radius 1 is 1.64 bits per heavy atom. The van der Waals surface area contributed by atoms with Gasteiger partial charge in [0.15, 0.2) is 5.16 Å². The second-order valence-corrected chi connectivity index (χ2v) is 4.61. The van der Waals surface area contributed by atoms with Crippen molar-refractivity contribution < 1.29 is 0 Å². The Morgan fingerprint density at radius 3 is 3.00 bits per heavy atom. The first-order valence-electron chi connectivity index (χ1n) is 3.61. The summed E-state index contributed by atoms with van der Waals surface area (Å²) < 4.78 is 2.04. The molecule has 2 nitrogen and oxygen atoms in total. The van der Waals surface area contributed by atoms with Gasteiger partial charge in [-0.2, -0.15) is 0 Å². The van der Waals surface area contributed by atoms with E-state index in [1.807, 2.05) is 34.8 Å². The Balaban J connectivity index is 2.32. The Labute approximate surface area is 75.2 Å². The summed E-state index contributed by atoms with van der Waals surface area (Å²) in [6, 6.07) is 0. The fourth-order valence-electron chi connectivity index (χ4n) is 0.610. The molecule has 0 bridgehead atoms. The van der Waals surface area contributed by atoms with Gasteiger partial charge in [-0.05, 0) is 17.2 Å². The van der Waals surface area contributed by atoms with Gasteiger partial charge in [0.25, 0.3) is 0 Å². The number of hydrogen-bond acceptors (Lipinski definition) is 3. The van der Waals surface area contributed by atoms with E-state index in [1.165, 1.54) is 12.2 Å². The van der Waals surface area contributed by atoms with E-state index in [4.69, 9.17) is 0 Å². The number of hydrogen-bond donors (Lipinski definition) is 0. The Bertz CT molecular complexity index is 210. The minimum absolute atomic E-state index is 1.09. The molecule has 4 heteroatoms. The first kappa shape index (κ1) is 9.00. The van der Waals surface area contributed by atoms with Crippen molar-refractivity contribution in [2.45, 2.75) is 18.5 Å². The number of nitrogens with zero attached hydrogens (tertiary/aromatic N) is 2. The molecule has 0 aliphatic carbocycles. The Morgan fingerprint density at radius 2 is 2.45 bits per heavy atom. The molecule has 0 aromatic carbocycles. The molecule has 1 aromatic rings. The fourth-order valence-corrected chi connectivity index (χ4v) is 2.80. The van der Waals surface area contributed by atoms with E-state index >= 15 is 0 Å². The van der Waals surface area contributed by atoms with Crippen LogP contribution in [-0.4, -0.2) is 15.3 Å². The monoisotopic (exact) mass is 188 g/mol. The summed E-state index contributed by atoms with van der Waals surface area (Å²) >= 11 is 0. The average Bonchev–Trinajstić information content (AvgIpc) is 2.37. The van der Waals surface area contributed by atoms with Gasteiger partial charge in [-0.1, -0.05) is 17.7 Å². The van der Waals surface area contributed by atoms with E-state index in [1.54, 1.807) is 10.8 Å². The lowest BCUT2D eigenvalue weighted by molar-refractivity contribution is 0.793. The van der Waals surface area contributed by atoms with Crippen molar-refractivity contribution in [3.05, 3.63) is 12.4 Å². The van der Waals surface area contributed by atoms with Gasteiger partial charge in [-0.3, -0.25) is 0 Å². The summed E-state index contributed by atoms with van der Waals surface area (Å²) in [7, 11) is 5.62. The number of aromatic nitrogens is 2. The third-order valence-electron chi connectivity index (χ3n) is 1.20. The van der Waals surface area contributed by atoms with Gasteiger partial charge in [0.1, 0.15) is 0 Å². The molecule has 1 aromatic heterocycles. The van der Waals surface area contributed by atoms with E-state index in [0.29, 0.717) is 0 Å². The summed E-state index contributed by atoms with van der Waals surface area (Å²) in [5, 5.41) is 1.09. The summed E-state index contributed by atoms with van der Waals surface area (Å²) in [4.78, 5) is 4.19. The van der Waals surface area contributed by atoms with Crippen molar-refractivity contribution in [1.82, 2.24) is 9.55 Å². The quantitative estimate of drug-likeness (QED) is 0.534. The van der Waals surface area contributed by atoms with Crippen LogP contribution in [0.2, 0.25) is 0 Å². The standard InChI is InChI=1S/C7H12N2S2/c1-3-6-10-11-7-8-4-5-9(7)2/h4-5H,3,6H2,1-2H3. The summed E-state index contributed by atoms with van der Waals surface area (Å²) in [5.41, 5.74) is 0. The number of aryl methyl sites for hydroxylation is 1. The molecular weight excluding hydrogens is 176 g/mol. The smallest absolute Gasteiger partial charge is 0.178 e. The minimum Gasteiger partial charge on any atom is -0.328 e. The van der Waals surface area contributed by atoms with Crippen molar-refractivity contribution >= 4 is 21.6 Å². The minimum atomic E-state index is 1.09. The van der Waals surface area contributed by atoms with Crippen molar-refractivity contribution in [1.29, 1.82) is 0 Å². The zero-order chi connectivity index (χ0) is 8.10.